The molecule has 0 heterocycles. The summed E-state index contributed by atoms with van der Waals surface area (Å²) in [6, 6.07) is 2.03. The van der Waals surface area contributed by atoms with E-state index in [1.807, 2.05) is 13.0 Å². The standard InChI is InChI=1S/C13H22N2O2/c1-2-4-12(9-14)13(16)15-7-3-8-17-10-11-5-6-11/h11-12H,2-8,10H2,1H3,(H,15,16). The summed E-state index contributed by atoms with van der Waals surface area (Å²) in [5.41, 5.74) is 0. The fraction of sp³-hybridized carbons (Fsp3) is 0.846. The third kappa shape index (κ3) is 6.28. The number of ether oxygens (including phenoxy) is 1. The maximum atomic E-state index is 11.5. The molecule has 4 heteroatoms. The molecule has 1 aliphatic rings. The lowest BCUT2D eigenvalue weighted by Crippen LogP contribution is -2.31. The van der Waals surface area contributed by atoms with Gasteiger partial charge in [-0.2, -0.15) is 5.26 Å². The fourth-order valence-electron chi connectivity index (χ4n) is 1.59. The summed E-state index contributed by atoms with van der Waals surface area (Å²) >= 11 is 0. The maximum absolute atomic E-state index is 11.5. The molecule has 1 fully saturated rings. The molecule has 0 bridgehead atoms. The summed E-state index contributed by atoms with van der Waals surface area (Å²) in [5.74, 6) is 0.154. The molecule has 96 valence electrons. The van der Waals surface area contributed by atoms with Gasteiger partial charge in [0.15, 0.2) is 0 Å². The van der Waals surface area contributed by atoms with Gasteiger partial charge in [-0.3, -0.25) is 4.79 Å². The molecular weight excluding hydrogens is 216 g/mol. The van der Waals surface area contributed by atoms with Crippen LogP contribution in [0.3, 0.4) is 0 Å². The number of nitriles is 1. The van der Waals surface area contributed by atoms with Crippen molar-refractivity contribution in [1.29, 1.82) is 5.26 Å². The lowest BCUT2D eigenvalue weighted by molar-refractivity contribution is -0.123. The molecule has 1 saturated carbocycles. The molecule has 0 aromatic heterocycles. The highest BCUT2D eigenvalue weighted by Crippen LogP contribution is 2.28. The smallest absolute Gasteiger partial charge is 0.237 e. The van der Waals surface area contributed by atoms with Crippen molar-refractivity contribution in [2.45, 2.75) is 39.0 Å². The van der Waals surface area contributed by atoms with Crippen LogP contribution in [0.5, 0.6) is 0 Å². The first-order chi connectivity index (χ1) is 8.27. The van der Waals surface area contributed by atoms with E-state index in [1.54, 1.807) is 0 Å². The summed E-state index contributed by atoms with van der Waals surface area (Å²) in [7, 11) is 0. The predicted octanol–water partition coefficient (Wildman–Crippen LogP) is 1.86. The number of hydrogen-bond donors (Lipinski definition) is 1. The highest BCUT2D eigenvalue weighted by atomic mass is 16.5. The van der Waals surface area contributed by atoms with Gasteiger partial charge in [-0.25, -0.2) is 0 Å². The first kappa shape index (κ1) is 14.0. The van der Waals surface area contributed by atoms with Crippen LogP contribution >= 0.6 is 0 Å². The van der Waals surface area contributed by atoms with E-state index in [0.29, 0.717) is 19.6 Å². The van der Waals surface area contributed by atoms with Crippen LogP contribution in [0, 0.1) is 23.2 Å². The molecule has 1 N–H and O–H groups in total. The van der Waals surface area contributed by atoms with Gasteiger partial charge in [0.2, 0.25) is 5.91 Å². The van der Waals surface area contributed by atoms with Crippen molar-refractivity contribution in [3.8, 4) is 6.07 Å². The van der Waals surface area contributed by atoms with Gasteiger partial charge in [-0.05, 0) is 31.6 Å². The van der Waals surface area contributed by atoms with Gasteiger partial charge in [-0.1, -0.05) is 13.3 Å². The molecule has 1 rings (SSSR count). The van der Waals surface area contributed by atoms with Gasteiger partial charge in [0.05, 0.1) is 6.07 Å². The van der Waals surface area contributed by atoms with E-state index in [2.05, 4.69) is 5.32 Å². The zero-order chi connectivity index (χ0) is 12.5. The number of amides is 1. The summed E-state index contributed by atoms with van der Waals surface area (Å²) in [4.78, 5) is 11.5. The molecule has 0 aromatic carbocycles. The lowest BCUT2D eigenvalue weighted by atomic mass is 10.1. The summed E-state index contributed by atoms with van der Waals surface area (Å²) in [6.07, 6.45) is 4.93. The van der Waals surface area contributed by atoms with E-state index in [1.165, 1.54) is 12.8 Å². The van der Waals surface area contributed by atoms with Crippen LogP contribution in [0.2, 0.25) is 0 Å². The minimum Gasteiger partial charge on any atom is -0.381 e. The van der Waals surface area contributed by atoms with Crippen LogP contribution in [-0.2, 0) is 9.53 Å². The number of nitrogens with zero attached hydrogens (tertiary/aromatic N) is 1. The Morgan fingerprint density at radius 1 is 1.59 bits per heavy atom. The number of hydrogen-bond acceptors (Lipinski definition) is 3. The van der Waals surface area contributed by atoms with Crippen molar-refractivity contribution in [1.82, 2.24) is 5.32 Å². The third-order valence-electron chi connectivity index (χ3n) is 2.86. The number of carbonyl (C=O) groups is 1. The van der Waals surface area contributed by atoms with E-state index in [4.69, 9.17) is 10.00 Å². The number of rotatable bonds is 9. The Hall–Kier alpha value is -1.08. The number of carbonyl (C=O) groups excluding carboxylic acids is 1. The average molecular weight is 238 g/mol. The topological polar surface area (TPSA) is 62.1 Å². The molecule has 1 unspecified atom stereocenters. The minimum atomic E-state index is -0.493. The molecule has 0 aliphatic heterocycles. The summed E-state index contributed by atoms with van der Waals surface area (Å²) in [6.45, 7) is 4.14. The summed E-state index contributed by atoms with van der Waals surface area (Å²) in [5, 5.41) is 11.6. The van der Waals surface area contributed by atoms with Crippen LogP contribution in [0.15, 0.2) is 0 Å². The molecule has 1 amide bonds. The van der Waals surface area contributed by atoms with Crippen molar-refractivity contribution >= 4 is 5.91 Å². The van der Waals surface area contributed by atoms with E-state index in [-0.39, 0.29) is 5.91 Å². The Kier molecular flexibility index (Phi) is 6.64. The van der Waals surface area contributed by atoms with Gasteiger partial charge in [0.25, 0.3) is 0 Å². The van der Waals surface area contributed by atoms with Crippen molar-refractivity contribution < 1.29 is 9.53 Å². The molecule has 1 atom stereocenters. The van der Waals surface area contributed by atoms with Crippen molar-refractivity contribution in [3.63, 3.8) is 0 Å². The van der Waals surface area contributed by atoms with Gasteiger partial charge < -0.3 is 10.1 Å². The maximum Gasteiger partial charge on any atom is 0.237 e. The lowest BCUT2D eigenvalue weighted by Gasteiger charge is -2.09. The highest BCUT2D eigenvalue weighted by Gasteiger charge is 2.21. The first-order valence-corrected chi connectivity index (χ1v) is 6.53. The van der Waals surface area contributed by atoms with Crippen LogP contribution in [-0.4, -0.2) is 25.7 Å². The van der Waals surface area contributed by atoms with E-state index >= 15 is 0 Å². The van der Waals surface area contributed by atoms with Crippen molar-refractivity contribution in [2.24, 2.45) is 11.8 Å². The van der Waals surface area contributed by atoms with Crippen molar-refractivity contribution in [2.75, 3.05) is 19.8 Å². The minimum absolute atomic E-state index is 0.142. The Labute approximate surface area is 103 Å². The molecule has 17 heavy (non-hydrogen) atoms. The number of nitrogens with one attached hydrogen (secondary N) is 1. The Morgan fingerprint density at radius 2 is 2.35 bits per heavy atom. The Morgan fingerprint density at radius 3 is 2.94 bits per heavy atom. The van der Waals surface area contributed by atoms with Gasteiger partial charge in [0, 0.05) is 19.8 Å². The van der Waals surface area contributed by atoms with Crippen LogP contribution in [0.1, 0.15) is 39.0 Å². The zero-order valence-electron chi connectivity index (χ0n) is 10.6. The molecule has 0 saturated heterocycles. The fourth-order valence-corrected chi connectivity index (χ4v) is 1.59. The molecular formula is C13H22N2O2. The van der Waals surface area contributed by atoms with E-state index in [9.17, 15) is 4.79 Å². The zero-order valence-corrected chi connectivity index (χ0v) is 10.6. The highest BCUT2D eigenvalue weighted by molar-refractivity contribution is 5.80. The van der Waals surface area contributed by atoms with Crippen LogP contribution < -0.4 is 5.32 Å². The summed E-state index contributed by atoms with van der Waals surface area (Å²) < 4.78 is 5.46. The molecule has 0 radical (unpaired) electrons. The molecule has 1 aliphatic carbocycles. The molecule has 4 nitrogen and oxygen atoms in total. The average Bonchev–Trinajstić information content (AvgIpc) is 3.14. The monoisotopic (exact) mass is 238 g/mol. The quantitative estimate of drug-likeness (QED) is 0.624. The van der Waals surface area contributed by atoms with Gasteiger partial charge in [-0.15, -0.1) is 0 Å². The first-order valence-electron chi connectivity index (χ1n) is 6.53. The van der Waals surface area contributed by atoms with Crippen LogP contribution in [0.4, 0.5) is 0 Å². The second kappa shape index (κ2) is 8.08. The van der Waals surface area contributed by atoms with Gasteiger partial charge >= 0.3 is 0 Å². The molecule has 0 aromatic rings. The predicted molar refractivity (Wildman–Crippen MR) is 65.2 cm³/mol. The van der Waals surface area contributed by atoms with Gasteiger partial charge in [0.1, 0.15) is 5.92 Å². The van der Waals surface area contributed by atoms with Crippen molar-refractivity contribution in [3.05, 3.63) is 0 Å². The SMILES string of the molecule is CCCC(C#N)C(=O)NCCCOCC1CC1. The van der Waals surface area contributed by atoms with E-state index in [0.717, 1.165) is 25.4 Å². The Balaban J connectivity index is 1.96. The largest absolute Gasteiger partial charge is 0.381 e. The normalized spacial score (nSPS) is 16.2. The second-order valence-electron chi connectivity index (χ2n) is 4.63. The van der Waals surface area contributed by atoms with Crippen LogP contribution in [0.25, 0.3) is 0 Å². The molecule has 0 spiro atoms. The Bertz CT molecular complexity index is 269. The third-order valence-corrected chi connectivity index (χ3v) is 2.86. The second-order valence-corrected chi connectivity index (χ2v) is 4.63. The van der Waals surface area contributed by atoms with E-state index < -0.39 is 5.92 Å².